The van der Waals surface area contributed by atoms with E-state index < -0.39 is 0 Å². The number of hydrogen-bond donors (Lipinski definition) is 2. The predicted molar refractivity (Wildman–Crippen MR) is 117 cm³/mol. The highest BCUT2D eigenvalue weighted by Crippen LogP contribution is 2.25. The summed E-state index contributed by atoms with van der Waals surface area (Å²) >= 11 is 12.3. The Kier molecular flexibility index (Phi) is 7.53. The van der Waals surface area contributed by atoms with Crippen LogP contribution in [0.5, 0.6) is 0 Å². The minimum absolute atomic E-state index is 0.0230. The number of nitrogens with two attached hydrogens (primary N) is 1. The van der Waals surface area contributed by atoms with E-state index in [0.29, 0.717) is 15.6 Å². The number of likely N-dealkylation sites (tertiary alicyclic amines) is 1. The maximum atomic E-state index is 12.3. The summed E-state index contributed by atoms with van der Waals surface area (Å²) in [4.78, 5) is 25.9. The number of benzene rings is 2. The minimum atomic E-state index is -0.181. The molecule has 2 aromatic carbocycles. The minimum Gasteiger partial charge on any atom is -0.369 e. The number of halogens is 2. The molecule has 0 aliphatic carbocycles. The molecule has 29 heavy (non-hydrogen) atoms. The van der Waals surface area contributed by atoms with E-state index in [2.05, 4.69) is 10.2 Å². The zero-order chi connectivity index (χ0) is 20.8. The molecule has 0 unspecified atom stereocenters. The van der Waals surface area contributed by atoms with E-state index in [1.54, 1.807) is 18.2 Å². The van der Waals surface area contributed by atoms with Crippen LogP contribution in [-0.2, 0) is 22.4 Å². The molecule has 5 nitrogen and oxygen atoms in total. The van der Waals surface area contributed by atoms with Crippen molar-refractivity contribution in [2.75, 3.05) is 25.0 Å². The Balaban J connectivity index is 1.46. The topological polar surface area (TPSA) is 75.4 Å². The molecule has 1 saturated heterocycles. The molecule has 1 fully saturated rings. The van der Waals surface area contributed by atoms with Crippen molar-refractivity contribution in [3.8, 4) is 0 Å². The average molecular weight is 434 g/mol. The Morgan fingerprint density at radius 1 is 1.03 bits per heavy atom. The maximum absolute atomic E-state index is 12.3. The second-order valence-corrected chi connectivity index (χ2v) is 8.20. The number of piperidine rings is 1. The van der Waals surface area contributed by atoms with E-state index in [4.69, 9.17) is 28.9 Å². The number of anilines is 1. The second-order valence-electron chi connectivity index (χ2n) is 7.39. The number of primary amides is 1. The summed E-state index contributed by atoms with van der Waals surface area (Å²) in [7, 11) is 0. The van der Waals surface area contributed by atoms with Crippen molar-refractivity contribution < 1.29 is 9.59 Å². The van der Waals surface area contributed by atoms with Crippen molar-refractivity contribution in [1.82, 2.24) is 4.90 Å². The molecular weight excluding hydrogens is 409 g/mol. The number of hydrogen-bond acceptors (Lipinski definition) is 3. The van der Waals surface area contributed by atoms with E-state index >= 15 is 0 Å². The molecule has 0 saturated carbocycles. The molecule has 2 aromatic rings. The molecule has 2 amide bonds. The lowest BCUT2D eigenvalue weighted by Gasteiger charge is -2.30. The Bertz CT molecular complexity index is 843. The molecule has 3 N–H and O–H groups in total. The lowest BCUT2D eigenvalue weighted by Crippen LogP contribution is -2.39. The first-order valence-corrected chi connectivity index (χ1v) is 10.5. The molecule has 0 spiro atoms. The predicted octanol–water partition coefficient (Wildman–Crippen LogP) is 3.91. The van der Waals surface area contributed by atoms with Gasteiger partial charge in [0, 0.05) is 28.2 Å². The Morgan fingerprint density at radius 3 is 2.24 bits per heavy atom. The van der Waals surface area contributed by atoms with Crippen molar-refractivity contribution >= 4 is 40.7 Å². The highest BCUT2D eigenvalue weighted by Gasteiger charge is 2.22. The number of carbonyl (C=O) groups is 2. The first-order valence-electron chi connectivity index (χ1n) is 9.75. The van der Waals surface area contributed by atoms with Crippen LogP contribution in [0, 0.1) is 5.92 Å². The fourth-order valence-corrected chi connectivity index (χ4v) is 4.08. The first kappa shape index (κ1) is 21.6. The quantitative estimate of drug-likeness (QED) is 0.694. The number of amides is 2. The Morgan fingerprint density at radius 2 is 1.66 bits per heavy atom. The van der Waals surface area contributed by atoms with Crippen molar-refractivity contribution in [3.05, 3.63) is 63.6 Å². The van der Waals surface area contributed by atoms with Gasteiger partial charge in [0.15, 0.2) is 0 Å². The van der Waals surface area contributed by atoms with Crippen LogP contribution in [0.25, 0.3) is 0 Å². The molecule has 0 aromatic heterocycles. The molecule has 1 aliphatic heterocycles. The van der Waals surface area contributed by atoms with Gasteiger partial charge < -0.3 is 16.0 Å². The van der Waals surface area contributed by atoms with Gasteiger partial charge in [-0.15, -0.1) is 0 Å². The average Bonchev–Trinajstić information content (AvgIpc) is 2.70. The van der Waals surface area contributed by atoms with Crippen LogP contribution in [0.1, 0.15) is 24.0 Å². The number of rotatable bonds is 7. The maximum Gasteiger partial charge on any atom is 0.228 e. The van der Waals surface area contributed by atoms with Crippen molar-refractivity contribution in [2.45, 2.75) is 25.7 Å². The summed E-state index contributed by atoms with van der Waals surface area (Å²) in [6.07, 6.45) is 2.73. The third kappa shape index (κ3) is 6.20. The van der Waals surface area contributed by atoms with Crippen LogP contribution in [0.2, 0.25) is 10.0 Å². The summed E-state index contributed by atoms with van der Waals surface area (Å²) < 4.78 is 0. The van der Waals surface area contributed by atoms with Gasteiger partial charge in [-0.05, 0) is 67.7 Å². The standard InChI is InChI=1S/C22H25Cl2N3O2/c23-19-2-1-3-20(24)18(19)14-21(28)26-17-6-4-15(5-7-17)8-11-27-12-9-16(10-13-27)22(25)29/h1-7,16H,8-14H2,(H2,25,29)(H,26,28). The molecular formula is C22H25Cl2N3O2. The number of nitrogens with one attached hydrogen (secondary N) is 1. The number of carbonyl (C=O) groups excluding carboxylic acids is 2. The molecule has 0 bridgehead atoms. The van der Waals surface area contributed by atoms with Crippen molar-refractivity contribution in [1.29, 1.82) is 0 Å². The van der Waals surface area contributed by atoms with E-state index in [1.807, 2.05) is 24.3 Å². The van der Waals surface area contributed by atoms with Gasteiger partial charge in [-0.25, -0.2) is 0 Å². The normalized spacial score (nSPS) is 15.2. The van der Waals surface area contributed by atoms with Gasteiger partial charge in [0.1, 0.15) is 0 Å². The van der Waals surface area contributed by atoms with Gasteiger partial charge in [-0.3, -0.25) is 9.59 Å². The molecule has 7 heteroatoms. The molecule has 3 rings (SSSR count). The monoisotopic (exact) mass is 433 g/mol. The van der Waals surface area contributed by atoms with Gasteiger partial charge >= 0.3 is 0 Å². The lowest BCUT2D eigenvalue weighted by molar-refractivity contribution is -0.123. The van der Waals surface area contributed by atoms with Crippen LogP contribution >= 0.6 is 23.2 Å². The summed E-state index contributed by atoms with van der Waals surface area (Å²) in [5, 5.41) is 3.86. The lowest BCUT2D eigenvalue weighted by atomic mass is 9.96. The Labute approximate surface area is 181 Å². The Hall–Kier alpha value is -2.08. The summed E-state index contributed by atoms with van der Waals surface area (Å²) in [5.74, 6) is -0.320. The highest BCUT2D eigenvalue weighted by atomic mass is 35.5. The fraction of sp³-hybridized carbons (Fsp3) is 0.364. The third-order valence-electron chi connectivity index (χ3n) is 5.34. The van der Waals surface area contributed by atoms with E-state index in [0.717, 1.165) is 44.6 Å². The zero-order valence-electron chi connectivity index (χ0n) is 16.2. The van der Waals surface area contributed by atoms with Crippen molar-refractivity contribution in [2.24, 2.45) is 11.7 Å². The van der Waals surface area contributed by atoms with E-state index in [9.17, 15) is 9.59 Å². The second kappa shape index (κ2) is 10.1. The van der Waals surface area contributed by atoms with Crippen LogP contribution < -0.4 is 11.1 Å². The summed E-state index contributed by atoms with van der Waals surface area (Å²) in [6.45, 7) is 2.76. The van der Waals surface area contributed by atoms with Crippen molar-refractivity contribution in [3.63, 3.8) is 0 Å². The smallest absolute Gasteiger partial charge is 0.228 e. The fourth-order valence-electron chi connectivity index (χ4n) is 3.55. The third-order valence-corrected chi connectivity index (χ3v) is 6.05. The largest absolute Gasteiger partial charge is 0.369 e. The van der Waals surface area contributed by atoms with E-state index in [1.165, 1.54) is 5.56 Å². The SMILES string of the molecule is NC(=O)C1CCN(CCc2ccc(NC(=O)Cc3c(Cl)cccc3Cl)cc2)CC1. The summed E-state index contributed by atoms with van der Waals surface area (Å²) in [5.41, 5.74) is 7.96. The van der Waals surface area contributed by atoms with Crippen LogP contribution in [0.15, 0.2) is 42.5 Å². The van der Waals surface area contributed by atoms with Gasteiger partial charge in [0.25, 0.3) is 0 Å². The van der Waals surface area contributed by atoms with E-state index in [-0.39, 0.29) is 24.2 Å². The van der Waals surface area contributed by atoms with Crippen LogP contribution in [0.3, 0.4) is 0 Å². The highest BCUT2D eigenvalue weighted by molar-refractivity contribution is 6.36. The molecule has 1 aliphatic rings. The molecule has 0 radical (unpaired) electrons. The summed E-state index contributed by atoms with van der Waals surface area (Å²) in [6, 6.07) is 13.1. The van der Waals surface area contributed by atoms with Gasteiger partial charge in [0.2, 0.25) is 11.8 Å². The van der Waals surface area contributed by atoms with Gasteiger partial charge in [-0.2, -0.15) is 0 Å². The van der Waals surface area contributed by atoms with Crippen LogP contribution in [-0.4, -0.2) is 36.3 Å². The zero-order valence-corrected chi connectivity index (χ0v) is 17.7. The molecule has 154 valence electrons. The first-order chi connectivity index (χ1) is 13.9. The van der Waals surface area contributed by atoms with Crippen LogP contribution in [0.4, 0.5) is 5.69 Å². The van der Waals surface area contributed by atoms with Gasteiger partial charge in [-0.1, -0.05) is 41.4 Å². The molecule has 1 heterocycles. The molecule has 0 atom stereocenters. The van der Waals surface area contributed by atoms with Gasteiger partial charge in [0.05, 0.1) is 6.42 Å². The number of nitrogens with zero attached hydrogens (tertiary/aromatic N) is 1.